The van der Waals surface area contributed by atoms with E-state index in [-0.39, 0.29) is 0 Å². The minimum absolute atomic E-state index is 0.490. The van der Waals surface area contributed by atoms with Crippen molar-refractivity contribution in [2.75, 3.05) is 38.2 Å². The van der Waals surface area contributed by atoms with Gasteiger partial charge in [0.2, 0.25) is 0 Å². The fourth-order valence-corrected chi connectivity index (χ4v) is 4.43. The van der Waals surface area contributed by atoms with Gasteiger partial charge >= 0.3 is 0 Å². The molecule has 0 amide bonds. The van der Waals surface area contributed by atoms with Gasteiger partial charge in [-0.15, -0.1) is 0 Å². The fourth-order valence-electron chi connectivity index (χ4n) is 3.46. The van der Waals surface area contributed by atoms with E-state index in [0.717, 1.165) is 5.92 Å². The Morgan fingerprint density at radius 3 is 2.62 bits per heavy atom. The van der Waals surface area contributed by atoms with Crippen LogP contribution in [0.15, 0.2) is 0 Å². The molecule has 1 heterocycles. The van der Waals surface area contributed by atoms with Crippen LogP contribution in [0.2, 0.25) is 0 Å². The van der Waals surface area contributed by atoms with Crippen molar-refractivity contribution in [3.8, 4) is 0 Å². The van der Waals surface area contributed by atoms with Crippen molar-refractivity contribution in [3.63, 3.8) is 0 Å². The van der Waals surface area contributed by atoms with Gasteiger partial charge in [0.15, 0.2) is 0 Å². The van der Waals surface area contributed by atoms with Crippen LogP contribution in [0.4, 0.5) is 0 Å². The third-order valence-electron chi connectivity index (χ3n) is 4.38. The summed E-state index contributed by atoms with van der Waals surface area (Å²) < 4.78 is 0. The van der Waals surface area contributed by atoms with Gasteiger partial charge in [0.05, 0.1) is 0 Å². The quantitative estimate of drug-likeness (QED) is 0.815. The Morgan fingerprint density at radius 1 is 1.31 bits per heavy atom. The largest absolute Gasteiger partial charge is 0.316 e. The van der Waals surface area contributed by atoms with Crippen LogP contribution in [0.25, 0.3) is 0 Å². The van der Waals surface area contributed by atoms with E-state index in [1.54, 1.807) is 0 Å². The van der Waals surface area contributed by atoms with Gasteiger partial charge in [-0.05, 0) is 31.2 Å². The topological polar surface area (TPSA) is 15.3 Å². The molecule has 2 unspecified atom stereocenters. The van der Waals surface area contributed by atoms with Crippen molar-refractivity contribution < 1.29 is 0 Å². The van der Waals surface area contributed by atoms with Gasteiger partial charge in [0.1, 0.15) is 0 Å². The van der Waals surface area contributed by atoms with Gasteiger partial charge in [-0.2, -0.15) is 11.8 Å². The van der Waals surface area contributed by atoms with Crippen molar-refractivity contribution in [2.45, 2.75) is 32.7 Å². The molecule has 0 aromatic heterocycles. The van der Waals surface area contributed by atoms with Gasteiger partial charge in [0.25, 0.3) is 0 Å². The van der Waals surface area contributed by atoms with Gasteiger partial charge in [-0.25, -0.2) is 0 Å². The number of rotatable bonds is 3. The molecule has 2 fully saturated rings. The molecule has 1 saturated carbocycles. The summed E-state index contributed by atoms with van der Waals surface area (Å²) in [4.78, 5) is 2.67. The van der Waals surface area contributed by atoms with Crippen LogP contribution in [0.5, 0.6) is 0 Å². The highest BCUT2D eigenvalue weighted by molar-refractivity contribution is 7.99. The average molecular weight is 242 g/mol. The van der Waals surface area contributed by atoms with E-state index in [1.807, 2.05) is 0 Å². The van der Waals surface area contributed by atoms with Crippen LogP contribution < -0.4 is 5.32 Å². The summed E-state index contributed by atoms with van der Waals surface area (Å²) in [6.07, 6.45) is 2.79. The molecule has 94 valence electrons. The highest BCUT2D eigenvalue weighted by atomic mass is 32.2. The number of nitrogens with zero attached hydrogens (tertiary/aromatic N) is 1. The number of nitrogens with one attached hydrogen (secondary N) is 1. The molecule has 2 aliphatic rings. The van der Waals surface area contributed by atoms with Crippen molar-refractivity contribution in [3.05, 3.63) is 0 Å². The maximum Gasteiger partial charge on any atom is 0.0156 e. The van der Waals surface area contributed by atoms with E-state index in [1.165, 1.54) is 44.0 Å². The summed E-state index contributed by atoms with van der Waals surface area (Å²) in [5.41, 5.74) is 0.490. The lowest BCUT2D eigenvalue weighted by molar-refractivity contribution is 0.199. The van der Waals surface area contributed by atoms with Crippen molar-refractivity contribution in [2.24, 2.45) is 11.3 Å². The summed E-state index contributed by atoms with van der Waals surface area (Å²) in [5, 5.41) is 3.56. The normalized spacial score (nSPS) is 35.4. The monoisotopic (exact) mass is 242 g/mol. The standard InChI is InChI=1S/C13H26N2S/c1-13(2)5-4-11(12(13)14-3)10-15-6-8-16-9-7-15/h11-12,14H,4-10H2,1-3H3. The van der Waals surface area contributed by atoms with E-state index in [9.17, 15) is 0 Å². The third-order valence-corrected chi connectivity index (χ3v) is 5.32. The SMILES string of the molecule is CNC1C(CN2CCSCC2)CCC1(C)C. The smallest absolute Gasteiger partial charge is 0.0156 e. The molecule has 1 aliphatic carbocycles. The number of thioether (sulfide) groups is 1. The van der Waals surface area contributed by atoms with Crippen molar-refractivity contribution in [1.82, 2.24) is 10.2 Å². The third kappa shape index (κ3) is 2.74. The van der Waals surface area contributed by atoms with Gasteiger partial charge in [-0.1, -0.05) is 13.8 Å². The molecule has 0 aromatic rings. The first kappa shape index (κ1) is 12.7. The van der Waals surface area contributed by atoms with Crippen LogP contribution in [-0.4, -0.2) is 49.1 Å². The predicted molar refractivity (Wildman–Crippen MR) is 73.1 cm³/mol. The molecule has 2 atom stereocenters. The summed E-state index contributed by atoms with van der Waals surface area (Å²) >= 11 is 2.11. The molecule has 1 N–H and O–H groups in total. The van der Waals surface area contributed by atoms with Crippen molar-refractivity contribution in [1.29, 1.82) is 0 Å². The molecule has 0 aromatic carbocycles. The summed E-state index contributed by atoms with van der Waals surface area (Å²) in [7, 11) is 2.14. The molecular weight excluding hydrogens is 216 g/mol. The predicted octanol–water partition coefficient (Wildman–Crippen LogP) is 2.06. The lowest BCUT2D eigenvalue weighted by Gasteiger charge is -2.34. The van der Waals surface area contributed by atoms with E-state index >= 15 is 0 Å². The number of hydrogen-bond acceptors (Lipinski definition) is 3. The van der Waals surface area contributed by atoms with Crippen LogP contribution in [0.1, 0.15) is 26.7 Å². The molecule has 2 rings (SSSR count). The molecule has 16 heavy (non-hydrogen) atoms. The van der Waals surface area contributed by atoms with E-state index in [2.05, 4.69) is 42.9 Å². The molecule has 1 saturated heterocycles. The number of hydrogen-bond donors (Lipinski definition) is 1. The maximum atomic E-state index is 3.56. The zero-order valence-electron chi connectivity index (χ0n) is 11.0. The first-order chi connectivity index (χ1) is 7.63. The fraction of sp³-hybridized carbons (Fsp3) is 1.00. The Morgan fingerprint density at radius 2 is 2.00 bits per heavy atom. The molecule has 2 nitrogen and oxygen atoms in total. The average Bonchev–Trinajstić information content (AvgIpc) is 2.55. The molecule has 3 heteroatoms. The Kier molecular flexibility index (Phi) is 4.20. The van der Waals surface area contributed by atoms with Crippen LogP contribution in [0.3, 0.4) is 0 Å². The minimum atomic E-state index is 0.490. The maximum absolute atomic E-state index is 3.56. The molecular formula is C13H26N2S. The van der Waals surface area contributed by atoms with E-state index in [4.69, 9.17) is 0 Å². The van der Waals surface area contributed by atoms with Crippen LogP contribution in [0, 0.1) is 11.3 Å². The van der Waals surface area contributed by atoms with E-state index < -0.39 is 0 Å². The Balaban J connectivity index is 1.89. The zero-order valence-corrected chi connectivity index (χ0v) is 11.8. The second kappa shape index (κ2) is 5.28. The lowest BCUT2D eigenvalue weighted by atomic mass is 9.85. The van der Waals surface area contributed by atoms with Gasteiger partial charge in [0, 0.05) is 37.2 Å². The Labute approximate surface area is 105 Å². The molecule has 0 radical (unpaired) electrons. The highest BCUT2D eigenvalue weighted by Crippen LogP contribution is 2.41. The lowest BCUT2D eigenvalue weighted by Crippen LogP contribution is -2.45. The second-order valence-electron chi connectivity index (χ2n) is 5.97. The first-order valence-corrected chi connectivity index (χ1v) is 7.76. The highest BCUT2D eigenvalue weighted by Gasteiger charge is 2.41. The Hall–Kier alpha value is 0.270. The van der Waals surface area contributed by atoms with Gasteiger partial charge in [-0.3, -0.25) is 0 Å². The minimum Gasteiger partial charge on any atom is -0.316 e. The zero-order chi connectivity index (χ0) is 11.6. The summed E-state index contributed by atoms with van der Waals surface area (Å²) in [6, 6.07) is 0.710. The summed E-state index contributed by atoms with van der Waals surface area (Å²) in [5.74, 6) is 3.53. The first-order valence-electron chi connectivity index (χ1n) is 6.61. The van der Waals surface area contributed by atoms with Crippen LogP contribution in [-0.2, 0) is 0 Å². The Bertz CT molecular complexity index is 224. The van der Waals surface area contributed by atoms with Gasteiger partial charge < -0.3 is 10.2 Å². The molecule has 0 bridgehead atoms. The molecule has 1 aliphatic heterocycles. The molecule has 0 spiro atoms. The van der Waals surface area contributed by atoms with Crippen molar-refractivity contribution >= 4 is 11.8 Å². The van der Waals surface area contributed by atoms with E-state index in [0.29, 0.717) is 11.5 Å². The van der Waals surface area contributed by atoms with Crippen LogP contribution >= 0.6 is 11.8 Å². The summed E-state index contributed by atoms with van der Waals surface area (Å²) in [6.45, 7) is 8.76. The second-order valence-corrected chi connectivity index (χ2v) is 7.19.